The fourth-order valence-electron chi connectivity index (χ4n) is 1.36. The van der Waals surface area contributed by atoms with Crippen LogP contribution in [0.1, 0.15) is 5.69 Å². The zero-order valence-corrected chi connectivity index (χ0v) is 10.5. The Morgan fingerprint density at radius 1 is 1.50 bits per heavy atom. The molecule has 2 heterocycles. The summed E-state index contributed by atoms with van der Waals surface area (Å²) in [6.45, 7) is 1.91. The van der Waals surface area contributed by atoms with Crippen LogP contribution in [-0.2, 0) is 7.05 Å². The molecule has 0 spiro atoms. The van der Waals surface area contributed by atoms with Crippen molar-refractivity contribution >= 4 is 28.9 Å². The second kappa shape index (κ2) is 4.61. The summed E-state index contributed by atoms with van der Waals surface area (Å²) in [7, 11) is 1.81. The molecule has 0 bridgehead atoms. The van der Waals surface area contributed by atoms with E-state index in [2.05, 4.69) is 15.4 Å². The van der Waals surface area contributed by atoms with Crippen molar-refractivity contribution in [2.24, 2.45) is 7.05 Å². The lowest BCUT2D eigenvalue weighted by atomic mass is 10.4. The quantitative estimate of drug-likeness (QED) is 0.682. The number of pyridine rings is 1. The fourth-order valence-corrected chi connectivity index (χ4v) is 1.57. The molecular weight excluding hydrogens is 258 g/mol. The molecule has 94 valence electrons. The highest BCUT2D eigenvalue weighted by molar-refractivity contribution is 6.33. The highest BCUT2D eigenvalue weighted by Gasteiger charge is 2.12. The van der Waals surface area contributed by atoms with Crippen molar-refractivity contribution in [3.63, 3.8) is 0 Å². The molecule has 2 aromatic heterocycles. The molecule has 0 aromatic carbocycles. The van der Waals surface area contributed by atoms with E-state index in [-0.39, 0.29) is 10.7 Å². The van der Waals surface area contributed by atoms with Crippen LogP contribution in [0.5, 0.6) is 0 Å². The Bertz CT molecular complexity index is 591. The molecule has 2 aromatic rings. The summed E-state index contributed by atoms with van der Waals surface area (Å²) in [5, 5.41) is 17.8. The van der Waals surface area contributed by atoms with Crippen LogP contribution in [0.25, 0.3) is 0 Å². The van der Waals surface area contributed by atoms with Crippen molar-refractivity contribution in [3.8, 4) is 0 Å². The average Bonchev–Trinajstić information content (AvgIpc) is 2.61. The lowest BCUT2D eigenvalue weighted by molar-refractivity contribution is -0.385. The van der Waals surface area contributed by atoms with Crippen LogP contribution in [-0.4, -0.2) is 19.7 Å². The molecule has 18 heavy (non-hydrogen) atoms. The zero-order valence-electron chi connectivity index (χ0n) is 9.72. The molecule has 0 amide bonds. The van der Waals surface area contributed by atoms with Gasteiger partial charge < -0.3 is 5.32 Å². The van der Waals surface area contributed by atoms with E-state index in [0.29, 0.717) is 11.6 Å². The van der Waals surface area contributed by atoms with Gasteiger partial charge in [0.2, 0.25) is 0 Å². The van der Waals surface area contributed by atoms with Gasteiger partial charge in [-0.05, 0) is 6.92 Å². The average molecular weight is 268 g/mol. The molecule has 0 unspecified atom stereocenters. The van der Waals surface area contributed by atoms with Crippen LogP contribution in [0.4, 0.5) is 17.3 Å². The Kier molecular flexibility index (Phi) is 3.15. The molecular formula is C10H10ClN5O2. The number of halogens is 1. The minimum absolute atomic E-state index is 0.150. The second-order valence-electron chi connectivity index (χ2n) is 3.70. The fraction of sp³-hybridized carbons (Fsp3) is 0.200. The summed E-state index contributed by atoms with van der Waals surface area (Å²) in [4.78, 5) is 13.9. The standard InChI is InChI=1S/C10H10ClN5O2/c1-6-3-9(14-15(6)2)13-10-8(11)4-7(5-12-10)16(17)18/h3-5H,1-2H3,(H,12,13,14). The molecule has 0 aliphatic heterocycles. The minimum Gasteiger partial charge on any atom is -0.322 e. The number of hydrogen-bond acceptors (Lipinski definition) is 5. The van der Waals surface area contributed by atoms with Crippen molar-refractivity contribution in [1.29, 1.82) is 0 Å². The van der Waals surface area contributed by atoms with Gasteiger partial charge in [-0.2, -0.15) is 5.10 Å². The van der Waals surface area contributed by atoms with Crippen LogP contribution >= 0.6 is 11.6 Å². The number of nitrogens with zero attached hydrogens (tertiary/aromatic N) is 4. The van der Waals surface area contributed by atoms with Crippen LogP contribution in [0, 0.1) is 17.0 Å². The van der Waals surface area contributed by atoms with E-state index < -0.39 is 4.92 Å². The van der Waals surface area contributed by atoms with E-state index in [9.17, 15) is 10.1 Å². The molecule has 0 aliphatic rings. The van der Waals surface area contributed by atoms with Crippen LogP contribution in [0.15, 0.2) is 18.3 Å². The summed E-state index contributed by atoms with van der Waals surface area (Å²) < 4.78 is 1.70. The van der Waals surface area contributed by atoms with Gasteiger partial charge in [-0.15, -0.1) is 0 Å². The Balaban J connectivity index is 2.27. The maximum Gasteiger partial charge on any atom is 0.289 e. The number of hydrogen-bond donors (Lipinski definition) is 1. The van der Waals surface area contributed by atoms with Crippen molar-refractivity contribution in [2.45, 2.75) is 6.92 Å². The van der Waals surface area contributed by atoms with Crippen LogP contribution < -0.4 is 5.32 Å². The first-order valence-electron chi connectivity index (χ1n) is 5.05. The van der Waals surface area contributed by atoms with Gasteiger partial charge in [0.05, 0.1) is 9.95 Å². The molecule has 8 heteroatoms. The van der Waals surface area contributed by atoms with Crippen molar-refractivity contribution < 1.29 is 4.92 Å². The van der Waals surface area contributed by atoms with Gasteiger partial charge in [0.15, 0.2) is 11.6 Å². The van der Waals surface area contributed by atoms with Crippen molar-refractivity contribution in [2.75, 3.05) is 5.32 Å². The van der Waals surface area contributed by atoms with E-state index >= 15 is 0 Å². The van der Waals surface area contributed by atoms with Gasteiger partial charge in [0, 0.05) is 24.9 Å². The Hall–Kier alpha value is -2.15. The van der Waals surface area contributed by atoms with Gasteiger partial charge >= 0.3 is 0 Å². The molecule has 0 saturated carbocycles. The lowest BCUT2D eigenvalue weighted by Gasteiger charge is -2.03. The number of anilines is 2. The first-order chi connectivity index (χ1) is 8.47. The third kappa shape index (κ3) is 2.40. The summed E-state index contributed by atoms with van der Waals surface area (Å²) in [5.74, 6) is 0.915. The molecule has 0 saturated heterocycles. The predicted molar refractivity (Wildman–Crippen MR) is 67.1 cm³/mol. The molecule has 2 rings (SSSR count). The monoisotopic (exact) mass is 267 g/mol. The maximum absolute atomic E-state index is 10.5. The van der Waals surface area contributed by atoms with E-state index in [1.165, 1.54) is 6.07 Å². The van der Waals surface area contributed by atoms with Gasteiger partial charge in [-0.25, -0.2) is 4.98 Å². The van der Waals surface area contributed by atoms with Gasteiger partial charge in [0.1, 0.15) is 6.20 Å². The molecule has 0 radical (unpaired) electrons. The summed E-state index contributed by atoms with van der Waals surface area (Å²) in [6.07, 6.45) is 1.14. The molecule has 0 fully saturated rings. The number of nitrogens with one attached hydrogen (secondary N) is 1. The van der Waals surface area contributed by atoms with E-state index in [1.54, 1.807) is 4.68 Å². The zero-order chi connectivity index (χ0) is 13.3. The third-order valence-electron chi connectivity index (χ3n) is 2.40. The first kappa shape index (κ1) is 12.3. The van der Waals surface area contributed by atoms with Gasteiger partial charge in [-0.1, -0.05) is 11.6 Å². The summed E-state index contributed by atoms with van der Waals surface area (Å²) in [6, 6.07) is 3.06. The Morgan fingerprint density at radius 2 is 2.22 bits per heavy atom. The van der Waals surface area contributed by atoms with E-state index in [1.807, 2.05) is 20.0 Å². The largest absolute Gasteiger partial charge is 0.322 e. The van der Waals surface area contributed by atoms with Crippen molar-refractivity contribution in [3.05, 3.63) is 39.2 Å². The van der Waals surface area contributed by atoms with E-state index in [4.69, 9.17) is 11.6 Å². The number of aryl methyl sites for hydroxylation is 2. The second-order valence-corrected chi connectivity index (χ2v) is 4.11. The predicted octanol–water partition coefficient (Wildman–Crippen LogP) is 2.43. The highest BCUT2D eigenvalue weighted by atomic mass is 35.5. The molecule has 7 nitrogen and oxygen atoms in total. The number of nitro groups is 1. The van der Waals surface area contributed by atoms with Crippen molar-refractivity contribution in [1.82, 2.24) is 14.8 Å². The maximum atomic E-state index is 10.5. The number of aromatic nitrogens is 3. The highest BCUT2D eigenvalue weighted by Crippen LogP contribution is 2.26. The third-order valence-corrected chi connectivity index (χ3v) is 2.69. The SMILES string of the molecule is Cc1cc(Nc2ncc([N+](=O)[O-])cc2Cl)nn1C. The molecule has 0 atom stereocenters. The normalized spacial score (nSPS) is 10.4. The Morgan fingerprint density at radius 3 is 2.72 bits per heavy atom. The van der Waals surface area contributed by atoms with Gasteiger partial charge in [-0.3, -0.25) is 14.8 Å². The minimum atomic E-state index is -0.548. The first-order valence-corrected chi connectivity index (χ1v) is 5.43. The topological polar surface area (TPSA) is 85.9 Å². The molecule has 0 aliphatic carbocycles. The molecule has 1 N–H and O–H groups in total. The summed E-state index contributed by atoms with van der Waals surface area (Å²) >= 11 is 5.91. The summed E-state index contributed by atoms with van der Waals surface area (Å²) in [5.41, 5.74) is 0.818. The van der Waals surface area contributed by atoms with E-state index in [0.717, 1.165) is 11.9 Å². The lowest BCUT2D eigenvalue weighted by Crippen LogP contribution is -1.98. The number of rotatable bonds is 3. The van der Waals surface area contributed by atoms with Crippen LogP contribution in [0.2, 0.25) is 5.02 Å². The Labute approximate surface area is 108 Å². The van der Waals surface area contributed by atoms with Crippen LogP contribution in [0.3, 0.4) is 0 Å². The smallest absolute Gasteiger partial charge is 0.289 e. The van der Waals surface area contributed by atoms with Gasteiger partial charge in [0.25, 0.3) is 5.69 Å².